The molecular weight excluding hydrogens is 288 g/mol. The molecule has 6 heteroatoms. The van der Waals surface area contributed by atoms with Crippen LogP contribution >= 0.6 is 11.8 Å². The summed E-state index contributed by atoms with van der Waals surface area (Å²) >= 11 is 1.81. The van der Waals surface area contributed by atoms with Gasteiger partial charge < -0.3 is 15.7 Å². The van der Waals surface area contributed by atoms with E-state index < -0.39 is 11.9 Å². The Morgan fingerprint density at radius 1 is 0.952 bits per heavy atom. The average Bonchev–Trinajstić information content (AvgIpc) is 2.48. The largest absolute Gasteiger partial charge is 0.481 e. The molecule has 0 radical (unpaired) electrons. The van der Waals surface area contributed by atoms with Crippen LogP contribution in [0.1, 0.15) is 51.4 Å². The second kappa shape index (κ2) is 7.92. The summed E-state index contributed by atoms with van der Waals surface area (Å²) in [6, 6.07) is -0.215. The first-order valence-corrected chi connectivity index (χ1v) is 9.23. The standard InChI is InChI=1S/C15H26N2O3S/c1-21-13-9-5-4-8-12(13)17-15(20)16-11-7-3-2-6-10(11)14(18)19/h10-13H,2-9H2,1H3,(H,18,19)(H2,16,17,20). The van der Waals surface area contributed by atoms with E-state index in [9.17, 15) is 14.7 Å². The maximum Gasteiger partial charge on any atom is 0.315 e. The van der Waals surface area contributed by atoms with E-state index in [0.29, 0.717) is 11.7 Å². The van der Waals surface area contributed by atoms with Gasteiger partial charge in [-0.05, 0) is 31.9 Å². The van der Waals surface area contributed by atoms with Gasteiger partial charge in [-0.25, -0.2) is 4.79 Å². The van der Waals surface area contributed by atoms with Crippen molar-refractivity contribution in [3.8, 4) is 0 Å². The molecule has 0 heterocycles. The van der Waals surface area contributed by atoms with Crippen molar-refractivity contribution in [3.63, 3.8) is 0 Å². The van der Waals surface area contributed by atoms with Crippen molar-refractivity contribution < 1.29 is 14.7 Å². The molecule has 21 heavy (non-hydrogen) atoms. The molecule has 0 bridgehead atoms. The summed E-state index contributed by atoms with van der Waals surface area (Å²) in [6.45, 7) is 0. The van der Waals surface area contributed by atoms with Crippen molar-refractivity contribution >= 4 is 23.8 Å². The van der Waals surface area contributed by atoms with Gasteiger partial charge in [0.25, 0.3) is 0 Å². The number of carboxylic acid groups (broad SMARTS) is 1. The van der Waals surface area contributed by atoms with E-state index in [1.54, 1.807) is 0 Å². The number of carbonyl (C=O) groups excluding carboxylic acids is 1. The molecule has 4 unspecified atom stereocenters. The third-order valence-corrected chi connectivity index (χ3v) is 5.89. The van der Waals surface area contributed by atoms with Crippen molar-refractivity contribution in [2.75, 3.05) is 6.26 Å². The number of carbonyl (C=O) groups is 2. The number of rotatable bonds is 4. The lowest BCUT2D eigenvalue weighted by atomic mass is 9.84. The second-order valence-electron chi connectivity index (χ2n) is 6.12. The number of amides is 2. The fourth-order valence-corrected chi connectivity index (χ4v) is 4.46. The second-order valence-corrected chi connectivity index (χ2v) is 7.20. The van der Waals surface area contributed by atoms with Crippen LogP contribution in [0.15, 0.2) is 0 Å². The molecule has 5 nitrogen and oxygen atoms in total. The Morgan fingerprint density at radius 2 is 1.52 bits per heavy atom. The first-order chi connectivity index (χ1) is 10.1. The normalized spacial score (nSPS) is 33.2. The molecule has 0 aromatic carbocycles. The van der Waals surface area contributed by atoms with Gasteiger partial charge in [-0.3, -0.25) is 4.79 Å². The lowest BCUT2D eigenvalue weighted by molar-refractivity contribution is -0.143. The Kier molecular flexibility index (Phi) is 6.21. The van der Waals surface area contributed by atoms with Crippen LogP contribution in [0.4, 0.5) is 4.79 Å². The van der Waals surface area contributed by atoms with Crippen molar-refractivity contribution in [2.45, 2.75) is 68.7 Å². The SMILES string of the molecule is CSC1CCCCC1NC(=O)NC1CCCCC1C(=O)O. The number of nitrogens with one attached hydrogen (secondary N) is 2. The molecule has 0 aromatic heterocycles. The van der Waals surface area contributed by atoms with Gasteiger partial charge in [-0.1, -0.05) is 25.7 Å². The Labute approximate surface area is 130 Å². The third-order valence-electron chi connectivity index (χ3n) is 4.72. The molecule has 0 aliphatic heterocycles. The molecule has 2 saturated carbocycles. The maximum absolute atomic E-state index is 12.2. The highest BCUT2D eigenvalue weighted by molar-refractivity contribution is 7.99. The Bertz CT molecular complexity index is 378. The number of hydrogen-bond donors (Lipinski definition) is 3. The van der Waals surface area contributed by atoms with Gasteiger partial charge in [0, 0.05) is 17.3 Å². The molecule has 4 atom stereocenters. The monoisotopic (exact) mass is 314 g/mol. The highest BCUT2D eigenvalue weighted by Crippen LogP contribution is 2.27. The zero-order chi connectivity index (χ0) is 15.2. The minimum Gasteiger partial charge on any atom is -0.481 e. The first-order valence-electron chi connectivity index (χ1n) is 7.94. The number of aliphatic carboxylic acids is 1. The third kappa shape index (κ3) is 4.53. The van der Waals surface area contributed by atoms with E-state index in [2.05, 4.69) is 16.9 Å². The van der Waals surface area contributed by atoms with Gasteiger partial charge in [0.2, 0.25) is 0 Å². The summed E-state index contributed by atoms with van der Waals surface area (Å²) in [6.07, 6.45) is 10.00. The van der Waals surface area contributed by atoms with Crippen LogP contribution in [0.5, 0.6) is 0 Å². The zero-order valence-corrected chi connectivity index (χ0v) is 13.5. The topological polar surface area (TPSA) is 78.4 Å². The quantitative estimate of drug-likeness (QED) is 0.745. The number of urea groups is 1. The predicted octanol–water partition coefficient (Wildman–Crippen LogP) is 2.60. The van der Waals surface area contributed by atoms with Crippen LogP contribution in [-0.4, -0.2) is 40.7 Å². The summed E-state index contributed by atoms with van der Waals surface area (Å²) in [4.78, 5) is 23.4. The molecule has 0 spiro atoms. The van der Waals surface area contributed by atoms with E-state index in [-0.39, 0.29) is 18.1 Å². The Morgan fingerprint density at radius 3 is 2.19 bits per heavy atom. The van der Waals surface area contributed by atoms with Crippen molar-refractivity contribution in [1.82, 2.24) is 10.6 Å². The molecule has 2 amide bonds. The highest BCUT2D eigenvalue weighted by Gasteiger charge is 2.33. The Hall–Kier alpha value is -0.910. The molecule has 2 aliphatic rings. The predicted molar refractivity (Wildman–Crippen MR) is 84.6 cm³/mol. The molecule has 2 aliphatic carbocycles. The molecule has 2 fully saturated rings. The fourth-order valence-electron chi connectivity index (χ4n) is 3.52. The van der Waals surface area contributed by atoms with Gasteiger partial charge >= 0.3 is 12.0 Å². The minimum absolute atomic E-state index is 0.195. The zero-order valence-electron chi connectivity index (χ0n) is 12.6. The fraction of sp³-hybridized carbons (Fsp3) is 0.867. The summed E-state index contributed by atoms with van der Waals surface area (Å²) in [5, 5.41) is 15.7. The van der Waals surface area contributed by atoms with Crippen LogP contribution < -0.4 is 10.6 Å². The lowest BCUT2D eigenvalue weighted by Gasteiger charge is -2.33. The average molecular weight is 314 g/mol. The molecule has 3 N–H and O–H groups in total. The summed E-state index contributed by atoms with van der Waals surface area (Å²) in [5.41, 5.74) is 0. The first kappa shape index (κ1) is 16.5. The van der Waals surface area contributed by atoms with Crippen LogP contribution in [-0.2, 0) is 4.79 Å². The summed E-state index contributed by atoms with van der Waals surface area (Å²) < 4.78 is 0. The van der Waals surface area contributed by atoms with Crippen LogP contribution in [0.3, 0.4) is 0 Å². The number of hydrogen-bond acceptors (Lipinski definition) is 3. The van der Waals surface area contributed by atoms with E-state index in [0.717, 1.165) is 38.5 Å². The van der Waals surface area contributed by atoms with Gasteiger partial charge in [0.05, 0.1) is 5.92 Å². The van der Waals surface area contributed by atoms with Gasteiger partial charge in [-0.15, -0.1) is 0 Å². The highest BCUT2D eigenvalue weighted by atomic mass is 32.2. The van der Waals surface area contributed by atoms with E-state index in [1.807, 2.05) is 11.8 Å². The van der Waals surface area contributed by atoms with Crippen LogP contribution in [0.25, 0.3) is 0 Å². The molecule has 120 valence electrons. The van der Waals surface area contributed by atoms with E-state index in [1.165, 1.54) is 6.42 Å². The molecular formula is C15H26N2O3S. The van der Waals surface area contributed by atoms with Crippen molar-refractivity contribution in [3.05, 3.63) is 0 Å². The van der Waals surface area contributed by atoms with E-state index >= 15 is 0 Å². The van der Waals surface area contributed by atoms with Gasteiger partial charge in [-0.2, -0.15) is 11.8 Å². The summed E-state index contributed by atoms with van der Waals surface area (Å²) in [5.74, 6) is -1.23. The smallest absolute Gasteiger partial charge is 0.315 e. The van der Waals surface area contributed by atoms with Gasteiger partial charge in [0.1, 0.15) is 0 Å². The van der Waals surface area contributed by atoms with Crippen LogP contribution in [0, 0.1) is 5.92 Å². The van der Waals surface area contributed by atoms with E-state index in [4.69, 9.17) is 0 Å². The van der Waals surface area contributed by atoms with Gasteiger partial charge in [0.15, 0.2) is 0 Å². The maximum atomic E-state index is 12.2. The van der Waals surface area contributed by atoms with Crippen molar-refractivity contribution in [1.29, 1.82) is 0 Å². The molecule has 0 aromatic rings. The molecule has 2 rings (SSSR count). The number of carboxylic acids is 1. The minimum atomic E-state index is -0.792. The van der Waals surface area contributed by atoms with Crippen LogP contribution in [0.2, 0.25) is 0 Å². The van der Waals surface area contributed by atoms with Crippen molar-refractivity contribution in [2.24, 2.45) is 5.92 Å². The molecule has 0 saturated heterocycles. The summed E-state index contributed by atoms with van der Waals surface area (Å²) in [7, 11) is 0. The lowest BCUT2D eigenvalue weighted by Crippen LogP contribution is -2.53. The number of thioether (sulfide) groups is 1. The Balaban J connectivity index is 1.86.